The number of halogens is 3. The van der Waals surface area contributed by atoms with Gasteiger partial charge in [-0.25, -0.2) is 0 Å². The molecule has 5 N–H and O–H groups in total. The van der Waals surface area contributed by atoms with Gasteiger partial charge in [-0.1, -0.05) is 6.92 Å². The Hall–Kier alpha value is -2.16. The molecule has 1 aliphatic rings. The Morgan fingerprint density at radius 1 is 1.30 bits per heavy atom. The fourth-order valence-electron chi connectivity index (χ4n) is 2.66. The lowest BCUT2D eigenvalue weighted by atomic mass is 9.90. The molecule has 0 aromatic carbocycles. The van der Waals surface area contributed by atoms with Gasteiger partial charge in [0.25, 0.3) is 0 Å². The molecule has 0 saturated carbocycles. The van der Waals surface area contributed by atoms with Crippen molar-refractivity contribution in [3.63, 3.8) is 0 Å². The average Bonchev–Trinajstić information content (AvgIpc) is 2.45. The van der Waals surface area contributed by atoms with Gasteiger partial charge in [0.2, 0.25) is 0 Å². The van der Waals surface area contributed by atoms with E-state index in [0.717, 1.165) is 18.7 Å². The number of nitrogens with two attached hydrogens (primary N) is 1. The molecule has 23 heavy (non-hydrogen) atoms. The van der Waals surface area contributed by atoms with Crippen LogP contribution in [0.1, 0.15) is 36.9 Å². The zero-order valence-electron chi connectivity index (χ0n) is 12.6. The zero-order valence-corrected chi connectivity index (χ0v) is 12.6. The van der Waals surface area contributed by atoms with E-state index in [1.165, 1.54) is 11.1 Å². The number of amides is 2. The van der Waals surface area contributed by atoms with E-state index in [4.69, 9.17) is 5.73 Å². The van der Waals surface area contributed by atoms with Crippen molar-refractivity contribution in [1.29, 1.82) is 0 Å². The van der Waals surface area contributed by atoms with Gasteiger partial charge in [-0.05, 0) is 30.4 Å². The summed E-state index contributed by atoms with van der Waals surface area (Å²) in [5.41, 5.74) is 4.41. The molecule has 128 valence electrons. The van der Waals surface area contributed by atoms with Gasteiger partial charge >= 0.3 is 18.0 Å². The second-order valence-electron chi connectivity index (χ2n) is 5.52. The SMILES string of the molecule is C[C@H]1CC[C@H](c2cncc(C(F)(F)F)c2)N(C(=O)C(N)=O)C1.N. The topological polar surface area (TPSA) is 111 Å². The van der Waals surface area contributed by atoms with Crippen molar-refractivity contribution < 1.29 is 22.8 Å². The fraction of sp³-hybridized carbons (Fsp3) is 0.500. The van der Waals surface area contributed by atoms with E-state index in [2.05, 4.69) is 4.98 Å². The van der Waals surface area contributed by atoms with Crippen LogP contribution in [0.5, 0.6) is 0 Å². The summed E-state index contributed by atoms with van der Waals surface area (Å²) in [6.45, 7) is 2.19. The molecule has 2 rings (SSSR count). The van der Waals surface area contributed by atoms with Gasteiger partial charge in [-0.2, -0.15) is 13.2 Å². The van der Waals surface area contributed by atoms with E-state index in [1.54, 1.807) is 0 Å². The van der Waals surface area contributed by atoms with E-state index < -0.39 is 29.6 Å². The largest absolute Gasteiger partial charge is 0.417 e. The van der Waals surface area contributed by atoms with Crippen molar-refractivity contribution in [1.82, 2.24) is 16.0 Å². The van der Waals surface area contributed by atoms with Gasteiger partial charge in [0, 0.05) is 18.9 Å². The molecule has 2 heterocycles. The number of likely N-dealkylation sites (tertiary alicyclic amines) is 1. The van der Waals surface area contributed by atoms with Gasteiger partial charge in [0.15, 0.2) is 0 Å². The molecule has 1 aliphatic heterocycles. The molecule has 0 aliphatic carbocycles. The summed E-state index contributed by atoms with van der Waals surface area (Å²) in [6.07, 6.45) is -1.29. The first-order valence-electron chi connectivity index (χ1n) is 6.82. The third-order valence-electron chi connectivity index (χ3n) is 3.76. The predicted molar refractivity (Wildman–Crippen MR) is 76.3 cm³/mol. The number of piperidine rings is 1. The molecule has 0 bridgehead atoms. The summed E-state index contributed by atoms with van der Waals surface area (Å²) in [5, 5.41) is 0. The molecule has 2 atom stereocenters. The van der Waals surface area contributed by atoms with Crippen LogP contribution in [-0.2, 0) is 15.8 Å². The Labute approximate surface area is 131 Å². The van der Waals surface area contributed by atoms with Crippen molar-refractivity contribution in [2.24, 2.45) is 11.7 Å². The number of nitrogens with zero attached hydrogens (tertiary/aromatic N) is 2. The summed E-state index contributed by atoms with van der Waals surface area (Å²) in [4.78, 5) is 27.9. The summed E-state index contributed by atoms with van der Waals surface area (Å²) in [6, 6.07) is 0.348. The zero-order chi connectivity index (χ0) is 16.5. The van der Waals surface area contributed by atoms with Crippen molar-refractivity contribution in [3.8, 4) is 0 Å². The normalized spacial score (nSPS) is 21.5. The first-order valence-corrected chi connectivity index (χ1v) is 6.82. The van der Waals surface area contributed by atoms with Gasteiger partial charge in [-0.15, -0.1) is 0 Å². The lowest BCUT2D eigenvalue weighted by Gasteiger charge is -2.38. The summed E-state index contributed by atoms with van der Waals surface area (Å²) >= 11 is 0. The number of hydrogen-bond acceptors (Lipinski definition) is 4. The molecular weight excluding hydrogens is 313 g/mol. The molecule has 6 nitrogen and oxygen atoms in total. The van der Waals surface area contributed by atoms with E-state index in [-0.39, 0.29) is 24.2 Å². The first-order chi connectivity index (χ1) is 10.2. The number of primary amides is 1. The number of pyridine rings is 1. The van der Waals surface area contributed by atoms with Gasteiger partial charge in [0.05, 0.1) is 11.6 Å². The first kappa shape index (κ1) is 18.9. The molecule has 0 spiro atoms. The Bertz CT molecular complexity index is 592. The minimum atomic E-state index is -4.51. The lowest BCUT2D eigenvalue weighted by Crippen LogP contribution is -2.47. The van der Waals surface area contributed by atoms with Crippen molar-refractivity contribution >= 4 is 11.8 Å². The number of aromatic nitrogens is 1. The third-order valence-corrected chi connectivity index (χ3v) is 3.76. The minimum absolute atomic E-state index is 0. The molecule has 0 radical (unpaired) electrons. The minimum Gasteiger partial charge on any atom is -0.361 e. The molecule has 9 heteroatoms. The summed E-state index contributed by atoms with van der Waals surface area (Å²) < 4.78 is 38.4. The number of carbonyl (C=O) groups is 2. The standard InChI is InChI=1S/C14H16F3N3O2.H3N/c1-8-2-3-11(20(7-8)13(22)12(18)21)9-4-10(6-19-5-9)14(15,16)17;/h4-6,8,11H,2-3,7H2,1H3,(H2,18,21);1H3/t8-,11+;/m0./s1. The van der Waals surface area contributed by atoms with Gasteiger partial charge in [-0.3, -0.25) is 14.6 Å². The van der Waals surface area contributed by atoms with Crippen LogP contribution in [0.25, 0.3) is 0 Å². The maximum Gasteiger partial charge on any atom is 0.417 e. The average molecular weight is 332 g/mol. The van der Waals surface area contributed by atoms with Crippen LogP contribution >= 0.6 is 0 Å². The van der Waals surface area contributed by atoms with Crippen LogP contribution in [0.4, 0.5) is 13.2 Å². The maximum absolute atomic E-state index is 12.8. The molecule has 1 fully saturated rings. The lowest BCUT2D eigenvalue weighted by molar-refractivity contribution is -0.147. The second-order valence-corrected chi connectivity index (χ2v) is 5.52. The Morgan fingerprint density at radius 2 is 1.96 bits per heavy atom. The van der Waals surface area contributed by atoms with Gasteiger partial charge in [0.1, 0.15) is 0 Å². The maximum atomic E-state index is 12.8. The van der Waals surface area contributed by atoms with E-state index in [0.29, 0.717) is 6.42 Å². The highest BCUT2D eigenvalue weighted by atomic mass is 19.4. The molecule has 1 saturated heterocycles. The van der Waals surface area contributed by atoms with E-state index >= 15 is 0 Å². The Morgan fingerprint density at radius 3 is 2.52 bits per heavy atom. The van der Waals surface area contributed by atoms with Crippen molar-refractivity contribution in [2.75, 3.05) is 6.54 Å². The fourth-order valence-corrected chi connectivity index (χ4v) is 2.66. The van der Waals surface area contributed by atoms with Gasteiger partial charge < -0.3 is 16.8 Å². The van der Waals surface area contributed by atoms with Crippen LogP contribution in [-0.4, -0.2) is 28.2 Å². The Balaban J connectivity index is 0.00000264. The molecule has 1 aromatic rings. The predicted octanol–water partition coefficient (Wildman–Crippen LogP) is 2.05. The van der Waals surface area contributed by atoms with Crippen LogP contribution in [0.15, 0.2) is 18.5 Å². The molecular formula is C14H19F3N4O2. The third kappa shape index (κ3) is 4.19. The van der Waals surface area contributed by atoms with Crippen LogP contribution < -0.4 is 11.9 Å². The number of hydrogen-bond donors (Lipinski definition) is 2. The second kappa shape index (κ2) is 6.95. The highest BCUT2D eigenvalue weighted by molar-refractivity contribution is 6.34. The van der Waals surface area contributed by atoms with E-state index in [9.17, 15) is 22.8 Å². The van der Waals surface area contributed by atoms with Crippen LogP contribution in [0, 0.1) is 5.92 Å². The smallest absolute Gasteiger partial charge is 0.361 e. The van der Waals surface area contributed by atoms with Crippen LogP contribution in [0.2, 0.25) is 0 Å². The van der Waals surface area contributed by atoms with Crippen molar-refractivity contribution in [2.45, 2.75) is 32.0 Å². The van der Waals surface area contributed by atoms with E-state index in [1.807, 2.05) is 6.92 Å². The molecule has 2 amide bonds. The summed E-state index contributed by atoms with van der Waals surface area (Å²) in [7, 11) is 0. The number of alkyl halides is 3. The molecule has 1 aromatic heterocycles. The summed E-state index contributed by atoms with van der Waals surface area (Å²) in [5.74, 6) is -1.84. The quantitative estimate of drug-likeness (QED) is 0.766. The number of carbonyl (C=O) groups excluding carboxylic acids is 2. The highest BCUT2D eigenvalue weighted by Crippen LogP contribution is 2.36. The van der Waals surface area contributed by atoms with Crippen LogP contribution in [0.3, 0.4) is 0 Å². The highest BCUT2D eigenvalue weighted by Gasteiger charge is 2.36. The number of rotatable bonds is 1. The Kier molecular flexibility index (Phi) is 5.70. The van der Waals surface area contributed by atoms with Crippen molar-refractivity contribution in [3.05, 3.63) is 29.6 Å². The monoisotopic (exact) mass is 332 g/mol. The molecule has 0 unspecified atom stereocenters.